The topological polar surface area (TPSA) is 58.6 Å². The second kappa shape index (κ2) is 9.08. The molecule has 0 radical (unpaired) electrons. The smallest absolute Gasteiger partial charge is 0.261 e. The van der Waals surface area contributed by atoms with Crippen molar-refractivity contribution in [1.29, 1.82) is 0 Å². The summed E-state index contributed by atoms with van der Waals surface area (Å²) >= 11 is 0. The van der Waals surface area contributed by atoms with Crippen LogP contribution in [0.4, 0.5) is 4.39 Å². The fourth-order valence-electron chi connectivity index (χ4n) is 4.28. The molecule has 0 aromatic heterocycles. The number of amides is 2. The summed E-state index contributed by atoms with van der Waals surface area (Å²) in [5.41, 5.74) is 2.81. The summed E-state index contributed by atoms with van der Waals surface area (Å²) in [5.74, 6) is 0.339. The van der Waals surface area contributed by atoms with E-state index in [9.17, 15) is 14.0 Å². The highest BCUT2D eigenvalue weighted by Gasteiger charge is 2.39. The molecule has 1 saturated carbocycles. The van der Waals surface area contributed by atoms with Crippen LogP contribution < -0.4 is 10.1 Å². The molecule has 1 heterocycles. The number of halogens is 1. The zero-order valence-electron chi connectivity index (χ0n) is 18.1. The van der Waals surface area contributed by atoms with Gasteiger partial charge in [0.2, 0.25) is 5.91 Å². The molecule has 2 unspecified atom stereocenters. The Labute approximate surface area is 182 Å². The molecule has 2 aromatic rings. The first-order valence-electron chi connectivity index (χ1n) is 11.1. The number of nitrogens with one attached hydrogen (secondary N) is 1. The maximum atomic E-state index is 14.1. The standard InChI is InChI=1S/C25H29FN2O3/c1-3-22(24(29)27-4-2)31-20-11-10-16-12-13-28(25(30)17-8-9-17)23(21(16)15-20)18-6-5-7-19(26)14-18/h5-7,10-11,14-15,17,22-23H,3-4,8-9,12-13H2,1-2H3,(H,27,29). The van der Waals surface area contributed by atoms with Crippen molar-refractivity contribution in [2.75, 3.05) is 13.1 Å². The molecule has 2 aliphatic rings. The molecule has 2 aromatic carbocycles. The van der Waals surface area contributed by atoms with Gasteiger partial charge in [-0.2, -0.15) is 0 Å². The second-order valence-corrected chi connectivity index (χ2v) is 8.28. The number of rotatable bonds is 7. The lowest BCUT2D eigenvalue weighted by Crippen LogP contribution is -2.41. The Morgan fingerprint density at radius 3 is 2.68 bits per heavy atom. The van der Waals surface area contributed by atoms with E-state index in [0.717, 1.165) is 36.0 Å². The van der Waals surface area contributed by atoms with Crippen molar-refractivity contribution in [3.63, 3.8) is 0 Å². The van der Waals surface area contributed by atoms with E-state index in [1.165, 1.54) is 12.1 Å². The lowest BCUT2D eigenvalue weighted by atomic mass is 9.87. The molecule has 0 bridgehead atoms. The van der Waals surface area contributed by atoms with Crippen molar-refractivity contribution in [3.05, 3.63) is 65.0 Å². The summed E-state index contributed by atoms with van der Waals surface area (Å²) in [4.78, 5) is 27.2. The molecular formula is C25H29FN2O3. The van der Waals surface area contributed by atoms with Crippen LogP contribution >= 0.6 is 0 Å². The van der Waals surface area contributed by atoms with Gasteiger partial charge in [0.15, 0.2) is 6.10 Å². The summed E-state index contributed by atoms with van der Waals surface area (Å²) in [6, 6.07) is 11.9. The quantitative estimate of drug-likeness (QED) is 0.731. The zero-order valence-corrected chi connectivity index (χ0v) is 18.1. The van der Waals surface area contributed by atoms with Crippen molar-refractivity contribution >= 4 is 11.8 Å². The molecule has 2 atom stereocenters. The molecule has 0 saturated heterocycles. The van der Waals surface area contributed by atoms with Crippen LogP contribution in [0.25, 0.3) is 0 Å². The number of hydrogen-bond acceptors (Lipinski definition) is 3. The van der Waals surface area contributed by atoms with E-state index in [0.29, 0.717) is 25.3 Å². The summed E-state index contributed by atoms with van der Waals surface area (Å²) in [7, 11) is 0. The van der Waals surface area contributed by atoms with Gasteiger partial charge in [-0.1, -0.05) is 25.1 Å². The first-order chi connectivity index (χ1) is 15.0. The third kappa shape index (κ3) is 4.58. The van der Waals surface area contributed by atoms with Gasteiger partial charge in [0.05, 0.1) is 6.04 Å². The number of carbonyl (C=O) groups is 2. The van der Waals surface area contributed by atoms with Crippen LogP contribution in [-0.4, -0.2) is 35.9 Å². The number of nitrogens with zero attached hydrogens (tertiary/aromatic N) is 1. The van der Waals surface area contributed by atoms with E-state index in [1.807, 2.05) is 43.0 Å². The molecule has 1 fully saturated rings. The Kier molecular flexibility index (Phi) is 6.25. The predicted molar refractivity (Wildman–Crippen MR) is 116 cm³/mol. The Balaban J connectivity index is 1.70. The molecule has 2 amide bonds. The van der Waals surface area contributed by atoms with Crippen LogP contribution in [0.15, 0.2) is 42.5 Å². The molecule has 4 rings (SSSR count). The minimum atomic E-state index is -0.585. The van der Waals surface area contributed by atoms with Crippen molar-refractivity contribution in [2.24, 2.45) is 5.92 Å². The Morgan fingerprint density at radius 2 is 2.00 bits per heavy atom. The summed E-state index contributed by atoms with van der Waals surface area (Å²) in [5, 5.41) is 2.80. The van der Waals surface area contributed by atoms with Gasteiger partial charge in [-0.15, -0.1) is 0 Å². The highest BCUT2D eigenvalue weighted by molar-refractivity contribution is 5.82. The van der Waals surface area contributed by atoms with Gasteiger partial charge in [-0.3, -0.25) is 9.59 Å². The summed E-state index contributed by atoms with van der Waals surface area (Å²) in [6.07, 6.45) is 2.55. The van der Waals surface area contributed by atoms with Gasteiger partial charge < -0.3 is 15.0 Å². The number of ether oxygens (including phenoxy) is 1. The highest BCUT2D eigenvalue weighted by Crippen LogP contribution is 2.41. The van der Waals surface area contributed by atoms with Crippen LogP contribution in [-0.2, 0) is 16.0 Å². The second-order valence-electron chi connectivity index (χ2n) is 8.28. The van der Waals surface area contributed by atoms with E-state index in [2.05, 4.69) is 5.32 Å². The Bertz CT molecular complexity index is 973. The monoisotopic (exact) mass is 424 g/mol. The molecule has 5 nitrogen and oxygen atoms in total. The van der Waals surface area contributed by atoms with E-state index in [1.54, 1.807) is 6.07 Å². The molecule has 31 heavy (non-hydrogen) atoms. The third-order valence-electron chi connectivity index (χ3n) is 6.01. The first-order valence-corrected chi connectivity index (χ1v) is 11.1. The van der Waals surface area contributed by atoms with E-state index >= 15 is 0 Å². The van der Waals surface area contributed by atoms with Crippen molar-refractivity contribution < 1.29 is 18.7 Å². The Hall–Kier alpha value is -2.89. The van der Waals surface area contributed by atoms with Crippen LogP contribution in [0.5, 0.6) is 5.75 Å². The number of benzene rings is 2. The largest absolute Gasteiger partial charge is 0.481 e. The zero-order chi connectivity index (χ0) is 22.0. The molecule has 1 aliphatic heterocycles. The lowest BCUT2D eigenvalue weighted by Gasteiger charge is -2.38. The fraction of sp³-hybridized carbons (Fsp3) is 0.440. The van der Waals surface area contributed by atoms with Gasteiger partial charge in [0, 0.05) is 19.0 Å². The predicted octanol–water partition coefficient (Wildman–Crippen LogP) is 4.00. The number of likely N-dealkylation sites (N-methyl/N-ethyl adjacent to an activating group) is 1. The fourth-order valence-corrected chi connectivity index (χ4v) is 4.28. The van der Waals surface area contributed by atoms with Crippen LogP contribution in [0.2, 0.25) is 0 Å². The maximum absolute atomic E-state index is 14.1. The van der Waals surface area contributed by atoms with Crippen LogP contribution in [0, 0.1) is 11.7 Å². The summed E-state index contributed by atoms with van der Waals surface area (Å²) < 4.78 is 20.1. The number of carbonyl (C=O) groups excluding carboxylic acids is 2. The SMILES string of the molecule is CCNC(=O)C(CC)Oc1ccc2c(c1)C(c1cccc(F)c1)N(C(=O)C1CC1)CC2. The lowest BCUT2D eigenvalue weighted by molar-refractivity contribution is -0.134. The van der Waals surface area contributed by atoms with Crippen molar-refractivity contribution in [1.82, 2.24) is 10.2 Å². The van der Waals surface area contributed by atoms with Gasteiger partial charge >= 0.3 is 0 Å². The highest BCUT2D eigenvalue weighted by atomic mass is 19.1. The van der Waals surface area contributed by atoms with Crippen molar-refractivity contribution in [3.8, 4) is 5.75 Å². The summed E-state index contributed by atoms with van der Waals surface area (Å²) in [6.45, 7) is 4.94. The number of hydrogen-bond donors (Lipinski definition) is 1. The van der Waals surface area contributed by atoms with E-state index < -0.39 is 6.10 Å². The van der Waals surface area contributed by atoms with Gasteiger partial charge in [-0.05, 0) is 73.6 Å². The van der Waals surface area contributed by atoms with Crippen LogP contribution in [0.3, 0.4) is 0 Å². The third-order valence-corrected chi connectivity index (χ3v) is 6.01. The minimum absolute atomic E-state index is 0.0826. The minimum Gasteiger partial charge on any atom is -0.481 e. The normalized spacial score (nSPS) is 18.8. The van der Waals surface area contributed by atoms with Crippen molar-refractivity contribution in [2.45, 2.75) is 51.7 Å². The van der Waals surface area contributed by atoms with E-state index in [4.69, 9.17) is 4.74 Å². The average Bonchev–Trinajstić information content (AvgIpc) is 3.61. The van der Waals surface area contributed by atoms with Gasteiger partial charge in [0.25, 0.3) is 5.91 Å². The molecule has 0 spiro atoms. The first kappa shape index (κ1) is 21.3. The number of fused-ring (bicyclic) bond motifs is 1. The molecule has 164 valence electrons. The molecule has 1 N–H and O–H groups in total. The van der Waals surface area contributed by atoms with Gasteiger partial charge in [-0.25, -0.2) is 4.39 Å². The van der Waals surface area contributed by atoms with Crippen LogP contribution in [0.1, 0.15) is 55.8 Å². The maximum Gasteiger partial charge on any atom is 0.261 e. The Morgan fingerprint density at radius 1 is 1.19 bits per heavy atom. The molecular weight excluding hydrogens is 395 g/mol. The molecule has 6 heteroatoms. The molecule has 1 aliphatic carbocycles. The average molecular weight is 425 g/mol. The van der Waals surface area contributed by atoms with E-state index in [-0.39, 0.29) is 29.6 Å². The van der Waals surface area contributed by atoms with Gasteiger partial charge in [0.1, 0.15) is 11.6 Å².